The molecule has 2 rings (SSSR count). The van der Waals surface area contributed by atoms with Crippen molar-refractivity contribution in [2.75, 3.05) is 20.1 Å². The SMILES string of the molecule is CCc1ncc(CN2CCC(NC)C2)s1.Cl. The molecule has 3 nitrogen and oxygen atoms in total. The van der Waals surface area contributed by atoms with Gasteiger partial charge in [-0.15, -0.1) is 23.7 Å². The number of likely N-dealkylation sites (tertiary alicyclic amines) is 1. The minimum atomic E-state index is 0. The van der Waals surface area contributed by atoms with Crippen LogP contribution in [0, 0.1) is 0 Å². The number of rotatable bonds is 4. The summed E-state index contributed by atoms with van der Waals surface area (Å²) >= 11 is 1.86. The van der Waals surface area contributed by atoms with Gasteiger partial charge in [-0.05, 0) is 19.9 Å². The van der Waals surface area contributed by atoms with E-state index in [1.165, 1.54) is 29.4 Å². The predicted octanol–water partition coefficient (Wildman–Crippen LogP) is 1.92. The summed E-state index contributed by atoms with van der Waals surface area (Å²) < 4.78 is 0. The van der Waals surface area contributed by atoms with Crippen molar-refractivity contribution in [3.63, 3.8) is 0 Å². The molecular formula is C11H20ClN3S. The first-order valence-electron chi connectivity index (χ1n) is 5.65. The van der Waals surface area contributed by atoms with Crippen LogP contribution in [0.2, 0.25) is 0 Å². The third kappa shape index (κ3) is 3.42. The van der Waals surface area contributed by atoms with Crippen LogP contribution in [0.3, 0.4) is 0 Å². The van der Waals surface area contributed by atoms with Crippen LogP contribution in [0.15, 0.2) is 6.20 Å². The third-order valence-corrected chi connectivity index (χ3v) is 4.09. The van der Waals surface area contributed by atoms with Gasteiger partial charge in [0.15, 0.2) is 0 Å². The molecule has 1 saturated heterocycles. The van der Waals surface area contributed by atoms with Crippen LogP contribution in [-0.2, 0) is 13.0 Å². The molecule has 1 aromatic rings. The minimum Gasteiger partial charge on any atom is -0.316 e. The number of likely N-dealkylation sites (N-methyl/N-ethyl adjacent to an activating group) is 1. The monoisotopic (exact) mass is 261 g/mol. The number of aromatic nitrogens is 1. The summed E-state index contributed by atoms with van der Waals surface area (Å²) in [4.78, 5) is 8.31. The molecule has 0 amide bonds. The number of aryl methyl sites for hydroxylation is 1. The average molecular weight is 262 g/mol. The highest BCUT2D eigenvalue weighted by Gasteiger charge is 2.21. The van der Waals surface area contributed by atoms with Gasteiger partial charge in [0.05, 0.1) is 5.01 Å². The van der Waals surface area contributed by atoms with Gasteiger partial charge in [0, 0.05) is 36.8 Å². The summed E-state index contributed by atoms with van der Waals surface area (Å²) in [5, 5.41) is 4.60. The average Bonchev–Trinajstić information content (AvgIpc) is 2.87. The second kappa shape index (κ2) is 6.55. The van der Waals surface area contributed by atoms with E-state index in [9.17, 15) is 0 Å². The van der Waals surface area contributed by atoms with E-state index in [-0.39, 0.29) is 12.4 Å². The number of hydrogen-bond acceptors (Lipinski definition) is 4. The van der Waals surface area contributed by atoms with E-state index in [0.717, 1.165) is 13.0 Å². The highest BCUT2D eigenvalue weighted by atomic mass is 35.5. The van der Waals surface area contributed by atoms with Gasteiger partial charge in [0.25, 0.3) is 0 Å². The van der Waals surface area contributed by atoms with Crippen LogP contribution in [-0.4, -0.2) is 36.1 Å². The number of halogens is 1. The molecule has 0 spiro atoms. The van der Waals surface area contributed by atoms with Crippen molar-refractivity contribution in [1.82, 2.24) is 15.2 Å². The van der Waals surface area contributed by atoms with E-state index in [0.29, 0.717) is 6.04 Å². The smallest absolute Gasteiger partial charge is 0.0925 e. The molecule has 0 saturated carbocycles. The number of nitrogens with one attached hydrogen (secondary N) is 1. The van der Waals surface area contributed by atoms with Crippen LogP contribution in [0.5, 0.6) is 0 Å². The van der Waals surface area contributed by atoms with Crippen molar-refractivity contribution in [3.05, 3.63) is 16.1 Å². The molecule has 0 aromatic carbocycles. The summed E-state index contributed by atoms with van der Waals surface area (Å²) in [6.45, 7) is 5.63. The van der Waals surface area contributed by atoms with E-state index in [2.05, 4.69) is 29.2 Å². The van der Waals surface area contributed by atoms with E-state index in [1.54, 1.807) is 0 Å². The minimum absolute atomic E-state index is 0. The number of thiazole rings is 1. The van der Waals surface area contributed by atoms with Gasteiger partial charge in [-0.3, -0.25) is 4.90 Å². The molecular weight excluding hydrogens is 242 g/mol. The van der Waals surface area contributed by atoms with E-state index < -0.39 is 0 Å². The summed E-state index contributed by atoms with van der Waals surface area (Å²) in [5.41, 5.74) is 0. The first kappa shape index (κ1) is 13.9. The van der Waals surface area contributed by atoms with Gasteiger partial charge < -0.3 is 5.32 Å². The molecule has 1 aromatic heterocycles. The normalized spacial score (nSPS) is 21.0. The molecule has 92 valence electrons. The highest BCUT2D eigenvalue weighted by Crippen LogP contribution is 2.18. The molecule has 1 unspecified atom stereocenters. The fraction of sp³-hybridized carbons (Fsp3) is 0.727. The van der Waals surface area contributed by atoms with Crippen molar-refractivity contribution in [3.8, 4) is 0 Å². The third-order valence-electron chi connectivity index (χ3n) is 2.96. The molecule has 1 atom stereocenters. The maximum atomic E-state index is 4.39. The van der Waals surface area contributed by atoms with Gasteiger partial charge in [0.2, 0.25) is 0 Å². The summed E-state index contributed by atoms with van der Waals surface area (Å²) in [6.07, 6.45) is 4.37. The van der Waals surface area contributed by atoms with Crippen LogP contribution in [0.4, 0.5) is 0 Å². The molecule has 2 heterocycles. The molecule has 0 bridgehead atoms. The predicted molar refractivity (Wildman–Crippen MR) is 71.5 cm³/mol. The topological polar surface area (TPSA) is 28.2 Å². The lowest BCUT2D eigenvalue weighted by atomic mass is 10.3. The van der Waals surface area contributed by atoms with Gasteiger partial charge in [-0.25, -0.2) is 4.98 Å². The Balaban J connectivity index is 0.00000128. The molecule has 5 heteroatoms. The Labute approximate surface area is 108 Å². The molecule has 1 fully saturated rings. The molecule has 16 heavy (non-hydrogen) atoms. The summed E-state index contributed by atoms with van der Waals surface area (Å²) in [7, 11) is 2.05. The van der Waals surface area contributed by atoms with Crippen molar-refractivity contribution >= 4 is 23.7 Å². The molecule has 1 aliphatic heterocycles. The highest BCUT2D eigenvalue weighted by molar-refractivity contribution is 7.11. The summed E-state index contributed by atoms with van der Waals surface area (Å²) in [6, 6.07) is 0.684. The molecule has 1 aliphatic rings. The lowest BCUT2D eigenvalue weighted by Gasteiger charge is -2.13. The zero-order valence-electron chi connectivity index (χ0n) is 9.90. The fourth-order valence-electron chi connectivity index (χ4n) is 2.02. The van der Waals surface area contributed by atoms with E-state index in [1.807, 2.05) is 17.5 Å². The Hall–Kier alpha value is -0.160. The second-order valence-electron chi connectivity index (χ2n) is 4.08. The maximum absolute atomic E-state index is 4.39. The van der Waals surface area contributed by atoms with Crippen LogP contribution in [0.25, 0.3) is 0 Å². The number of hydrogen-bond donors (Lipinski definition) is 1. The van der Waals surface area contributed by atoms with Gasteiger partial charge in [0.1, 0.15) is 0 Å². The Kier molecular flexibility index (Phi) is 5.69. The van der Waals surface area contributed by atoms with E-state index in [4.69, 9.17) is 0 Å². The Bertz CT molecular complexity index is 316. The fourth-order valence-corrected chi connectivity index (χ4v) is 2.92. The second-order valence-corrected chi connectivity index (χ2v) is 5.28. The molecule has 0 aliphatic carbocycles. The number of nitrogens with zero attached hydrogens (tertiary/aromatic N) is 2. The zero-order chi connectivity index (χ0) is 10.7. The zero-order valence-corrected chi connectivity index (χ0v) is 11.5. The van der Waals surface area contributed by atoms with E-state index >= 15 is 0 Å². The van der Waals surface area contributed by atoms with Crippen molar-refractivity contribution in [1.29, 1.82) is 0 Å². The van der Waals surface area contributed by atoms with Crippen molar-refractivity contribution in [2.45, 2.75) is 32.4 Å². The first-order chi connectivity index (χ1) is 7.31. The van der Waals surface area contributed by atoms with Crippen LogP contribution in [0.1, 0.15) is 23.2 Å². The van der Waals surface area contributed by atoms with Gasteiger partial charge in [-0.1, -0.05) is 6.92 Å². The quantitative estimate of drug-likeness (QED) is 0.898. The largest absolute Gasteiger partial charge is 0.316 e. The van der Waals surface area contributed by atoms with Crippen LogP contribution < -0.4 is 5.32 Å². The Morgan fingerprint density at radius 1 is 1.62 bits per heavy atom. The Morgan fingerprint density at radius 3 is 3.00 bits per heavy atom. The molecule has 1 N–H and O–H groups in total. The standard InChI is InChI=1S/C11H19N3S.ClH/c1-3-11-13-6-10(15-11)8-14-5-4-9(7-14)12-2;/h6,9,12H,3-5,7-8H2,1-2H3;1H. The van der Waals surface area contributed by atoms with Gasteiger partial charge in [-0.2, -0.15) is 0 Å². The summed E-state index contributed by atoms with van der Waals surface area (Å²) in [5.74, 6) is 0. The lowest BCUT2D eigenvalue weighted by Crippen LogP contribution is -2.29. The first-order valence-corrected chi connectivity index (χ1v) is 6.46. The van der Waals surface area contributed by atoms with Crippen molar-refractivity contribution < 1.29 is 0 Å². The van der Waals surface area contributed by atoms with Crippen molar-refractivity contribution in [2.24, 2.45) is 0 Å². The maximum Gasteiger partial charge on any atom is 0.0925 e. The Morgan fingerprint density at radius 2 is 2.44 bits per heavy atom. The molecule has 0 radical (unpaired) electrons. The van der Waals surface area contributed by atoms with Crippen LogP contribution >= 0.6 is 23.7 Å². The lowest BCUT2D eigenvalue weighted by molar-refractivity contribution is 0.325. The van der Waals surface area contributed by atoms with Gasteiger partial charge >= 0.3 is 0 Å².